The quantitative estimate of drug-likeness (QED) is 0.723. The number of carbonyl (C=O) groups is 2. The Morgan fingerprint density at radius 3 is 2.63 bits per heavy atom. The van der Waals surface area contributed by atoms with E-state index >= 15 is 0 Å². The summed E-state index contributed by atoms with van der Waals surface area (Å²) < 4.78 is 4.77. The number of carbonyl (C=O) groups excluding carboxylic acids is 2. The average Bonchev–Trinajstić information content (AvgIpc) is 3.14. The number of pyridine rings is 1. The van der Waals surface area contributed by atoms with Crippen LogP contribution in [0.5, 0.6) is 0 Å². The van der Waals surface area contributed by atoms with Crippen LogP contribution >= 0.6 is 0 Å². The lowest BCUT2D eigenvalue weighted by Crippen LogP contribution is -2.37. The topological polar surface area (TPSA) is 71.5 Å². The fourth-order valence-corrected chi connectivity index (χ4v) is 3.47. The first-order chi connectivity index (χ1) is 13.2. The molecule has 6 nitrogen and oxygen atoms in total. The van der Waals surface area contributed by atoms with Gasteiger partial charge in [0.1, 0.15) is 6.04 Å². The van der Waals surface area contributed by atoms with E-state index in [9.17, 15) is 9.59 Å². The molecule has 136 valence electrons. The molecule has 0 spiro atoms. The molecule has 1 fully saturated rings. The van der Waals surface area contributed by atoms with Crippen molar-refractivity contribution >= 4 is 34.2 Å². The van der Waals surface area contributed by atoms with Gasteiger partial charge in [0, 0.05) is 23.8 Å². The molecule has 0 saturated carbocycles. The number of methoxy groups -OCH3 is 1. The first-order valence-corrected chi connectivity index (χ1v) is 8.78. The predicted octanol–water partition coefficient (Wildman–Crippen LogP) is 3.05. The Morgan fingerprint density at radius 2 is 1.93 bits per heavy atom. The molecule has 1 N–H and O–H groups in total. The number of fused-ring (bicyclic) bond motifs is 1. The van der Waals surface area contributed by atoms with Crippen LogP contribution in [0.15, 0.2) is 60.8 Å². The molecule has 3 aromatic rings. The molecule has 1 aromatic heterocycles. The van der Waals surface area contributed by atoms with E-state index in [-0.39, 0.29) is 11.9 Å². The van der Waals surface area contributed by atoms with Gasteiger partial charge >= 0.3 is 5.97 Å². The van der Waals surface area contributed by atoms with Gasteiger partial charge in [-0.15, -0.1) is 0 Å². The molecule has 1 aliphatic rings. The minimum Gasteiger partial charge on any atom is -0.465 e. The number of benzene rings is 2. The molecule has 1 unspecified atom stereocenters. The van der Waals surface area contributed by atoms with E-state index in [4.69, 9.17) is 4.74 Å². The fraction of sp³-hybridized carbons (Fsp3) is 0.190. The van der Waals surface area contributed by atoms with Crippen molar-refractivity contribution in [2.45, 2.75) is 12.5 Å². The van der Waals surface area contributed by atoms with Crippen LogP contribution in [-0.2, 0) is 9.53 Å². The largest absolute Gasteiger partial charge is 0.465 e. The highest BCUT2D eigenvalue weighted by Gasteiger charge is 2.32. The summed E-state index contributed by atoms with van der Waals surface area (Å²) in [5.74, 6) is -0.404. The minimum atomic E-state index is -0.390. The zero-order chi connectivity index (χ0) is 18.8. The molecule has 1 amide bonds. The van der Waals surface area contributed by atoms with Gasteiger partial charge in [0.05, 0.1) is 23.9 Å². The summed E-state index contributed by atoms with van der Waals surface area (Å²) in [6.07, 6.45) is 2.44. The number of anilines is 2. The van der Waals surface area contributed by atoms with E-state index in [1.54, 1.807) is 18.3 Å². The van der Waals surface area contributed by atoms with Crippen LogP contribution in [0.25, 0.3) is 10.9 Å². The van der Waals surface area contributed by atoms with Crippen molar-refractivity contribution in [1.82, 2.24) is 10.3 Å². The highest BCUT2D eigenvalue weighted by atomic mass is 16.5. The first-order valence-electron chi connectivity index (χ1n) is 8.78. The maximum Gasteiger partial charge on any atom is 0.337 e. The minimum absolute atomic E-state index is 0.0139. The van der Waals surface area contributed by atoms with E-state index in [0.717, 1.165) is 22.3 Å². The van der Waals surface area contributed by atoms with Crippen molar-refractivity contribution in [3.05, 3.63) is 66.4 Å². The molecule has 0 bridgehead atoms. The summed E-state index contributed by atoms with van der Waals surface area (Å²) >= 11 is 0. The lowest BCUT2D eigenvalue weighted by atomic mass is 10.1. The zero-order valence-corrected chi connectivity index (χ0v) is 14.9. The van der Waals surface area contributed by atoms with Gasteiger partial charge < -0.3 is 15.0 Å². The van der Waals surface area contributed by atoms with Crippen molar-refractivity contribution in [3.63, 3.8) is 0 Å². The summed E-state index contributed by atoms with van der Waals surface area (Å²) in [6.45, 7) is 0.637. The van der Waals surface area contributed by atoms with Crippen molar-refractivity contribution in [1.29, 1.82) is 0 Å². The van der Waals surface area contributed by atoms with Gasteiger partial charge in [-0.1, -0.05) is 18.2 Å². The molecule has 2 aromatic carbocycles. The first kappa shape index (κ1) is 17.0. The molecule has 6 heteroatoms. The summed E-state index contributed by atoms with van der Waals surface area (Å²) in [4.78, 5) is 30.7. The van der Waals surface area contributed by atoms with Gasteiger partial charge in [0.25, 0.3) is 0 Å². The molecular formula is C21H19N3O3. The van der Waals surface area contributed by atoms with Crippen molar-refractivity contribution in [3.8, 4) is 0 Å². The number of ether oxygens (including phenoxy) is 1. The smallest absolute Gasteiger partial charge is 0.337 e. The SMILES string of the molecule is COC(=O)c1ccc(N(c2cccc3cccnc23)C2CCNC2=O)cc1. The van der Waals surface area contributed by atoms with Gasteiger partial charge in [-0.25, -0.2) is 4.79 Å². The third-order valence-electron chi connectivity index (χ3n) is 4.77. The van der Waals surface area contributed by atoms with Crippen molar-refractivity contribution < 1.29 is 14.3 Å². The van der Waals surface area contributed by atoms with Gasteiger partial charge in [0.15, 0.2) is 0 Å². The Hall–Kier alpha value is -3.41. The monoisotopic (exact) mass is 361 g/mol. The van der Waals surface area contributed by atoms with Crippen molar-refractivity contribution in [2.24, 2.45) is 0 Å². The number of esters is 1. The molecule has 4 rings (SSSR count). The van der Waals surface area contributed by atoms with Gasteiger partial charge in [0.2, 0.25) is 5.91 Å². The van der Waals surface area contributed by atoms with E-state index in [1.165, 1.54) is 7.11 Å². The van der Waals surface area contributed by atoms with E-state index in [0.29, 0.717) is 18.5 Å². The van der Waals surface area contributed by atoms with Crippen molar-refractivity contribution in [2.75, 3.05) is 18.6 Å². The zero-order valence-electron chi connectivity index (χ0n) is 14.9. The van der Waals surface area contributed by atoms with Gasteiger partial charge in [-0.05, 0) is 42.8 Å². The predicted molar refractivity (Wildman–Crippen MR) is 103 cm³/mol. The number of hydrogen-bond acceptors (Lipinski definition) is 5. The van der Waals surface area contributed by atoms with Crippen LogP contribution in [0.1, 0.15) is 16.8 Å². The summed E-state index contributed by atoms with van der Waals surface area (Å²) in [5.41, 5.74) is 2.98. The summed E-state index contributed by atoms with van der Waals surface area (Å²) in [6, 6.07) is 16.6. The van der Waals surface area contributed by atoms with Crippen LogP contribution in [0.4, 0.5) is 11.4 Å². The second-order valence-corrected chi connectivity index (χ2v) is 6.36. The number of rotatable bonds is 4. The number of nitrogens with one attached hydrogen (secondary N) is 1. The molecule has 1 aliphatic heterocycles. The Bertz CT molecular complexity index is 996. The molecule has 1 atom stereocenters. The Balaban J connectivity index is 1.85. The highest BCUT2D eigenvalue weighted by Crippen LogP contribution is 2.35. The highest BCUT2D eigenvalue weighted by molar-refractivity contribution is 5.98. The van der Waals surface area contributed by atoms with E-state index in [2.05, 4.69) is 10.3 Å². The van der Waals surface area contributed by atoms with E-state index in [1.807, 2.05) is 47.4 Å². The third kappa shape index (κ3) is 3.10. The van der Waals surface area contributed by atoms with Gasteiger partial charge in [-0.2, -0.15) is 0 Å². The van der Waals surface area contributed by atoms with Crippen LogP contribution in [0.3, 0.4) is 0 Å². The molecule has 1 saturated heterocycles. The maximum absolute atomic E-state index is 12.5. The summed E-state index contributed by atoms with van der Waals surface area (Å²) in [7, 11) is 1.35. The van der Waals surface area contributed by atoms with Crippen LogP contribution < -0.4 is 10.2 Å². The lowest BCUT2D eigenvalue weighted by Gasteiger charge is -2.30. The Morgan fingerprint density at radius 1 is 1.15 bits per heavy atom. The number of aromatic nitrogens is 1. The van der Waals surface area contributed by atoms with Crippen LogP contribution in [0, 0.1) is 0 Å². The van der Waals surface area contributed by atoms with Crippen LogP contribution in [0.2, 0.25) is 0 Å². The average molecular weight is 361 g/mol. The molecular weight excluding hydrogens is 342 g/mol. The number of nitrogens with zero attached hydrogens (tertiary/aromatic N) is 2. The number of para-hydroxylation sites is 1. The number of amides is 1. The normalized spacial score (nSPS) is 16.2. The third-order valence-corrected chi connectivity index (χ3v) is 4.77. The molecule has 2 heterocycles. The van der Waals surface area contributed by atoms with Crippen LogP contribution in [-0.4, -0.2) is 36.6 Å². The van der Waals surface area contributed by atoms with E-state index < -0.39 is 5.97 Å². The molecule has 0 aliphatic carbocycles. The lowest BCUT2D eigenvalue weighted by molar-refractivity contribution is -0.120. The van der Waals surface area contributed by atoms with Gasteiger partial charge in [-0.3, -0.25) is 9.78 Å². The molecule has 27 heavy (non-hydrogen) atoms. The second kappa shape index (κ2) is 7.07. The molecule has 0 radical (unpaired) electrons. The Labute approximate surface area is 156 Å². The second-order valence-electron chi connectivity index (χ2n) is 6.36. The fourth-order valence-electron chi connectivity index (χ4n) is 3.47. The Kier molecular flexibility index (Phi) is 4.46. The summed E-state index contributed by atoms with van der Waals surface area (Å²) in [5, 5.41) is 3.91. The number of hydrogen-bond donors (Lipinski definition) is 1. The maximum atomic E-state index is 12.5. The standard InChI is InChI=1S/C21H19N3O3/c1-27-21(26)15-7-9-16(10-8-15)24(18-11-13-23-20(18)25)17-6-2-4-14-5-3-12-22-19(14)17/h2-10,12,18H,11,13H2,1H3,(H,23,25).